The number of hydrogen-bond donors (Lipinski definition) is 0. The molecule has 0 aliphatic heterocycles. The van der Waals surface area contributed by atoms with E-state index in [1.54, 1.807) is 6.21 Å². The van der Waals surface area contributed by atoms with Gasteiger partial charge in [0.15, 0.2) is 5.84 Å². The fourth-order valence-corrected chi connectivity index (χ4v) is 1.50. The predicted octanol–water partition coefficient (Wildman–Crippen LogP) is 3.67. The van der Waals surface area contributed by atoms with Crippen LogP contribution in [-0.2, 0) is 0 Å². The molecule has 0 spiro atoms. The Kier molecular flexibility index (Phi) is 4.90. The van der Waals surface area contributed by atoms with Gasteiger partial charge in [-0.15, -0.1) is 0 Å². The molecule has 1 aromatic rings. The van der Waals surface area contributed by atoms with Crippen LogP contribution in [0.3, 0.4) is 0 Å². The normalized spacial score (nSPS) is 12.7. The molecule has 0 heterocycles. The summed E-state index contributed by atoms with van der Waals surface area (Å²) in [4.78, 5) is 8.66. The summed E-state index contributed by atoms with van der Waals surface area (Å²) in [6.07, 6.45) is 1.78. The van der Waals surface area contributed by atoms with Crippen LogP contribution < -0.4 is 0 Å². The molecule has 1 rings (SSSR count). The lowest BCUT2D eigenvalue weighted by Gasteiger charge is -2.06. The molecule has 2 nitrogen and oxygen atoms in total. The van der Waals surface area contributed by atoms with Gasteiger partial charge in [0.05, 0.1) is 0 Å². The summed E-state index contributed by atoms with van der Waals surface area (Å²) in [6, 6.07) is 8.49. The highest BCUT2D eigenvalue weighted by molar-refractivity contribution is 6.02. The fraction of sp³-hybridized carbons (Fsp3) is 0.429. The minimum Gasteiger partial charge on any atom is -0.267 e. The highest BCUT2D eigenvalue weighted by Gasteiger charge is 2.02. The van der Waals surface area contributed by atoms with E-state index in [0.29, 0.717) is 5.92 Å². The quantitative estimate of drug-likeness (QED) is 0.544. The maximum Gasteiger partial charge on any atom is 0.154 e. The Morgan fingerprint density at radius 1 is 1.25 bits per heavy atom. The smallest absolute Gasteiger partial charge is 0.154 e. The molecule has 0 saturated heterocycles. The van der Waals surface area contributed by atoms with E-state index in [2.05, 4.69) is 48.1 Å². The monoisotopic (exact) mass is 216 g/mol. The molecule has 0 fully saturated rings. The molecule has 2 heteroatoms. The minimum atomic E-state index is 0.565. The Bertz CT molecular complexity index is 372. The zero-order chi connectivity index (χ0) is 12.0. The Morgan fingerprint density at radius 3 is 2.31 bits per heavy atom. The van der Waals surface area contributed by atoms with Gasteiger partial charge in [-0.25, -0.2) is 4.99 Å². The van der Waals surface area contributed by atoms with Gasteiger partial charge in [0.2, 0.25) is 0 Å². The Labute approximate surface area is 98.1 Å². The van der Waals surface area contributed by atoms with Crippen molar-refractivity contribution in [1.29, 1.82) is 0 Å². The summed E-state index contributed by atoms with van der Waals surface area (Å²) in [6.45, 7) is 9.08. The molecule has 16 heavy (non-hydrogen) atoms. The SMILES string of the molecule is CC=NC(=NCC)c1ccc(C(C)C)cc1. The Morgan fingerprint density at radius 2 is 1.88 bits per heavy atom. The van der Waals surface area contributed by atoms with Crippen molar-refractivity contribution in [3.63, 3.8) is 0 Å². The van der Waals surface area contributed by atoms with Gasteiger partial charge >= 0.3 is 0 Å². The molecule has 0 amide bonds. The summed E-state index contributed by atoms with van der Waals surface area (Å²) < 4.78 is 0. The van der Waals surface area contributed by atoms with Crippen LogP contribution in [0.1, 0.15) is 44.7 Å². The molecule has 0 aromatic heterocycles. The number of rotatable bonds is 3. The molecule has 0 aliphatic rings. The average molecular weight is 216 g/mol. The summed E-state index contributed by atoms with van der Waals surface area (Å²) >= 11 is 0. The van der Waals surface area contributed by atoms with Crippen molar-refractivity contribution in [3.8, 4) is 0 Å². The van der Waals surface area contributed by atoms with E-state index >= 15 is 0 Å². The number of amidine groups is 1. The summed E-state index contributed by atoms with van der Waals surface area (Å²) in [5.74, 6) is 1.38. The van der Waals surface area contributed by atoms with Crippen molar-refractivity contribution in [2.45, 2.75) is 33.6 Å². The van der Waals surface area contributed by atoms with Crippen LogP contribution in [0, 0.1) is 0 Å². The van der Waals surface area contributed by atoms with Crippen molar-refractivity contribution >= 4 is 12.1 Å². The molecule has 1 aromatic carbocycles. The van der Waals surface area contributed by atoms with Crippen molar-refractivity contribution in [1.82, 2.24) is 0 Å². The molecular formula is C14H20N2. The summed E-state index contributed by atoms with van der Waals surface area (Å²) in [5.41, 5.74) is 2.43. The predicted molar refractivity (Wildman–Crippen MR) is 71.8 cm³/mol. The molecule has 0 radical (unpaired) electrons. The van der Waals surface area contributed by atoms with E-state index in [9.17, 15) is 0 Å². The lowest BCUT2D eigenvalue weighted by Crippen LogP contribution is -1.99. The van der Waals surface area contributed by atoms with Crippen LogP contribution in [-0.4, -0.2) is 18.6 Å². The molecule has 0 atom stereocenters. The summed E-state index contributed by atoms with van der Waals surface area (Å²) in [5, 5.41) is 0. The average Bonchev–Trinajstić information content (AvgIpc) is 2.29. The van der Waals surface area contributed by atoms with Gasteiger partial charge in [-0.3, -0.25) is 4.99 Å². The van der Waals surface area contributed by atoms with Gasteiger partial charge in [-0.05, 0) is 25.3 Å². The molecule has 86 valence electrons. The van der Waals surface area contributed by atoms with Crippen molar-refractivity contribution < 1.29 is 0 Å². The second-order valence-corrected chi connectivity index (χ2v) is 3.96. The van der Waals surface area contributed by atoms with E-state index < -0.39 is 0 Å². The van der Waals surface area contributed by atoms with E-state index in [0.717, 1.165) is 17.9 Å². The number of benzene rings is 1. The maximum absolute atomic E-state index is 4.38. The van der Waals surface area contributed by atoms with Crippen LogP contribution >= 0.6 is 0 Å². The number of nitrogens with zero attached hydrogens (tertiary/aromatic N) is 2. The second kappa shape index (κ2) is 6.21. The van der Waals surface area contributed by atoms with Gasteiger partial charge in [0.1, 0.15) is 0 Å². The van der Waals surface area contributed by atoms with E-state index in [-0.39, 0.29) is 0 Å². The molecule has 0 bridgehead atoms. The standard InChI is InChI=1S/C14H20N2/c1-5-15-14(16-6-2)13-9-7-12(8-10-13)11(3)4/h5,7-11H,6H2,1-4H3. The van der Waals surface area contributed by atoms with Gasteiger partial charge in [-0.2, -0.15) is 0 Å². The van der Waals surface area contributed by atoms with Crippen molar-refractivity contribution in [2.75, 3.05) is 6.54 Å². The van der Waals surface area contributed by atoms with Gasteiger partial charge in [0.25, 0.3) is 0 Å². The van der Waals surface area contributed by atoms with Crippen LogP contribution in [0.15, 0.2) is 34.3 Å². The Balaban J connectivity index is 2.99. The molecule has 0 aliphatic carbocycles. The zero-order valence-corrected chi connectivity index (χ0v) is 10.6. The molecule has 0 saturated carbocycles. The van der Waals surface area contributed by atoms with E-state index in [1.807, 2.05) is 13.8 Å². The zero-order valence-electron chi connectivity index (χ0n) is 10.6. The third kappa shape index (κ3) is 3.30. The molecule has 0 N–H and O–H groups in total. The minimum absolute atomic E-state index is 0.565. The second-order valence-electron chi connectivity index (χ2n) is 3.96. The maximum atomic E-state index is 4.38. The first-order valence-corrected chi connectivity index (χ1v) is 5.82. The topological polar surface area (TPSA) is 24.7 Å². The van der Waals surface area contributed by atoms with Crippen molar-refractivity contribution in [3.05, 3.63) is 35.4 Å². The van der Waals surface area contributed by atoms with E-state index in [4.69, 9.17) is 0 Å². The third-order valence-corrected chi connectivity index (χ3v) is 2.39. The van der Waals surface area contributed by atoms with Gasteiger partial charge < -0.3 is 0 Å². The lowest BCUT2D eigenvalue weighted by molar-refractivity contribution is 0.866. The van der Waals surface area contributed by atoms with Crippen LogP contribution in [0.5, 0.6) is 0 Å². The largest absolute Gasteiger partial charge is 0.267 e. The number of hydrogen-bond acceptors (Lipinski definition) is 1. The van der Waals surface area contributed by atoms with E-state index in [1.165, 1.54) is 5.56 Å². The Hall–Kier alpha value is -1.44. The highest BCUT2D eigenvalue weighted by Crippen LogP contribution is 2.15. The first kappa shape index (κ1) is 12.6. The van der Waals surface area contributed by atoms with Gasteiger partial charge in [0, 0.05) is 18.3 Å². The highest BCUT2D eigenvalue weighted by atomic mass is 14.9. The first-order valence-electron chi connectivity index (χ1n) is 5.82. The first-order chi connectivity index (χ1) is 7.69. The van der Waals surface area contributed by atoms with Crippen molar-refractivity contribution in [2.24, 2.45) is 9.98 Å². The van der Waals surface area contributed by atoms with Crippen LogP contribution in [0.4, 0.5) is 0 Å². The fourth-order valence-electron chi connectivity index (χ4n) is 1.50. The summed E-state index contributed by atoms with van der Waals surface area (Å²) in [7, 11) is 0. The van der Waals surface area contributed by atoms with Crippen LogP contribution in [0.2, 0.25) is 0 Å². The third-order valence-electron chi connectivity index (χ3n) is 2.39. The molecule has 0 unspecified atom stereocenters. The lowest BCUT2D eigenvalue weighted by atomic mass is 10.0. The molecular weight excluding hydrogens is 196 g/mol. The van der Waals surface area contributed by atoms with Gasteiger partial charge in [-0.1, -0.05) is 38.1 Å². The van der Waals surface area contributed by atoms with Crippen LogP contribution in [0.25, 0.3) is 0 Å². The number of aliphatic imine (C=N–C) groups is 2.